The van der Waals surface area contributed by atoms with Crippen molar-refractivity contribution in [2.75, 3.05) is 19.6 Å². The van der Waals surface area contributed by atoms with E-state index in [1.165, 1.54) is 11.3 Å². The van der Waals surface area contributed by atoms with Crippen molar-refractivity contribution < 1.29 is 9.59 Å². The number of likely N-dealkylation sites (tertiary alicyclic amines) is 2. The fourth-order valence-electron chi connectivity index (χ4n) is 5.11. The van der Waals surface area contributed by atoms with Crippen molar-refractivity contribution in [3.05, 3.63) is 17.0 Å². The molecule has 156 valence electrons. The summed E-state index contributed by atoms with van der Waals surface area (Å²) in [5.41, 5.74) is 3.65. The van der Waals surface area contributed by atoms with Gasteiger partial charge >= 0.3 is 0 Å². The molecule has 0 aliphatic carbocycles. The van der Waals surface area contributed by atoms with Crippen LogP contribution in [0.4, 0.5) is 0 Å². The first-order chi connectivity index (χ1) is 13.1. The Morgan fingerprint density at radius 2 is 1.86 bits per heavy atom. The van der Waals surface area contributed by atoms with Crippen molar-refractivity contribution in [2.24, 2.45) is 0 Å². The second-order valence-corrected chi connectivity index (χ2v) is 8.90. The van der Waals surface area contributed by atoms with Gasteiger partial charge in [-0.25, -0.2) is 0 Å². The Hall–Kier alpha value is -1.89. The molecule has 28 heavy (non-hydrogen) atoms. The summed E-state index contributed by atoms with van der Waals surface area (Å²) in [6.45, 7) is 15.1. The lowest BCUT2D eigenvalue weighted by Crippen LogP contribution is -2.52. The lowest BCUT2D eigenvalue weighted by molar-refractivity contribution is -0.131. The van der Waals surface area contributed by atoms with Crippen LogP contribution in [0.25, 0.3) is 0 Å². The smallest absolute Gasteiger partial charge is 0.219 e. The largest absolute Gasteiger partial charge is 0.352 e. The van der Waals surface area contributed by atoms with Crippen LogP contribution in [0.1, 0.15) is 70.0 Å². The number of aromatic nitrogens is 2. The molecule has 2 saturated heterocycles. The van der Waals surface area contributed by atoms with Gasteiger partial charge in [-0.1, -0.05) is 0 Å². The van der Waals surface area contributed by atoms with E-state index in [1.54, 1.807) is 13.8 Å². The van der Waals surface area contributed by atoms with Crippen molar-refractivity contribution in [3.8, 4) is 0 Å². The first-order valence-corrected chi connectivity index (χ1v) is 10.4. The summed E-state index contributed by atoms with van der Waals surface area (Å²) >= 11 is 0. The molecule has 1 aromatic rings. The summed E-state index contributed by atoms with van der Waals surface area (Å²) in [7, 11) is 0. The van der Waals surface area contributed by atoms with E-state index in [2.05, 4.69) is 42.6 Å². The van der Waals surface area contributed by atoms with Gasteiger partial charge in [0.25, 0.3) is 0 Å². The van der Waals surface area contributed by atoms with E-state index in [9.17, 15) is 9.59 Å². The quantitative estimate of drug-likeness (QED) is 0.857. The molecule has 2 amide bonds. The zero-order valence-corrected chi connectivity index (χ0v) is 18.2. The Balaban J connectivity index is 1.84. The normalized spacial score (nSPS) is 22.2. The number of hydrogen-bond donors (Lipinski definition) is 1. The zero-order valence-electron chi connectivity index (χ0n) is 18.2. The molecule has 2 fully saturated rings. The number of hydrogen-bond acceptors (Lipinski definition) is 4. The number of nitrogens with zero attached hydrogens (tertiary/aromatic N) is 4. The summed E-state index contributed by atoms with van der Waals surface area (Å²) in [5.74, 6) is 0.186. The molecule has 1 unspecified atom stereocenters. The predicted molar refractivity (Wildman–Crippen MR) is 109 cm³/mol. The molecule has 3 heterocycles. The summed E-state index contributed by atoms with van der Waals surface area (Å²) < 4.78 is 2.11. The molecule has 1 spiro atoms. The number of carbonyl (C=O) groups is 2. The van der Waals surface area contributed by atoms with Crippen LogP contribution in [0, 0.1) is 13.8 Å². The molecular formula is C21H35N5O2. The minimum atomic E-state index is 0.0307. The summed E-state index contributed by atoms with van der Waals surface area (Å²) in [6.07, 6.45) is 2.87. The Morgan fingerprint density at radius 3 is 2.36 bits per heavy atom. The summed E-state index contributed by atoms with van der Waals surface area (Å²) in [6, 6.07) is 0.507. The predicted octanol–water partition coefficient (Wildman–Crippen LogP) is 2.17. The maximum absolute atomic E-state index is 11.8. The topological polar surface area (TPSA) is 70.5 Å². The van der Waals surface area contributed by atoms with Crippen LogP contribution in [-0.2, 0) is 16.1 Å². The fourth-order valence-corrected chi connectivity index (χ4v) is 5.11. The second kappa shape index (κ2) is 7.85. The standard InChI is InChI=1S/C21H35N5O2/c1-14(2)26-16(4)20(15(3)23-26)13-25-12-19(22-17(5)27)11-21(25)7-9-24(10-8-21)18(6)28/h14,19H,7-13H2,1-6H3,(H,22,27). The van der Waals surface area contributed by atoms with Crippen molar-refractivity contribution in [1.82, 2.24) is 24.9 Å². The minimum absolute atomic E-state index is 0.0307. The van der Waals surface area contributed by atoms with Gasteiger partial charge in [-0.15, -0.1) is 0 Å². The average molecular weight is 390 g/mol. The number of carbonyl (C=O) groups excluding carboxylic acids is 2. The fraction of sp³-hybridized carbons (Fsp3) is 0.762. The molecule has 1 aromatic heterocycles. The highest BCUT2D eigenvalue weighted by molar-refractivity contribution is 5.73. The second-order valence-electron chi connectivity index (χ2n) is 8.90. The highest BCUT2D eigenvalue weighted by Crippen LogP contribution is 2.40. The maximum atomic E-state index is 11.8. The monoisotopic (exact) mass is 389 g/mol. The van der Waals surface area contributed by atoms with E-state index in [1.807, 2.05) is 4.90 Å². The molecule has 0 aromatic carbocycles. The van der Waals surface area contributed by atoms with Crippen LogP contribution in [-0.4, -0.2) is 62.6 Å². The maximum Gasteiger partial charge on any atom is 0.219 e. The van der Waals surface area contributed by atoms with E-state index in [0.717, 1.165) is 51.1 Å². The van der Waals surface area contributed by atoms with Gasteiger partial charge in [0.05, 0.1) is 5.69 Å². The SMILES string of the molecule is CC(=O)NC1CN(Cc2c(C)nn(C(C)C)c2C)C2(CCN(C(C)=O)CC2)C1. The van der Waals surface area contributed by atoms with Gasteiger partial charge in [-0.2, -0.15) is 5.10 Å². The average Bonchev–Trinajstić information content (AvgIpc) is 3.06. The first kappa shape index (κ1) is 20.8. The zero-order chi connectivity index (χ0) is 20.6. The molecule has 1 atom stereocenters. The third-order valence-corrected chi connectivity index (χ3v) is 6.60. The number of rotatable bonds is 4. The van der Waals surface area contributed by atoms with E-state index in [-0.39, 0.29) is 23.4 Å². The van der Waals surface area contributed by atoms with Crippen LogP contribution in [0.2, 0.25) is 0 Å². The van der Waals surface area contributed by atoms with Gasteiger partial charge in [0, 0.05) is 68.9 Å². The number of aryl methyl sites for hydroxylation is 1. The van der Waals surface area contributed by atoms with Gasteiger partial charge < -0.3 is 10.2 Å². The molecule has 0 bridgehead atoms. The van der Waals surface area contributed by atoms with Crippen molar-refractivity contribution in [2.45, 2.75) is 85.0 Å². The van der Waals surface area contributed by atoms with Crippen LogP contribution < -0.4 is 5.32 Å². The van der Waals surface area contributed by atoms with E-state index in [4.69, 9.17) is 5.10 Å². The highest BCUT2D eigenvalue weighted by atomic mass is 16.2. The Morgan fingerprint density at radius 1 is 1.21 bits per heavy atom. The van der Waals surface area contributed by atoms with Crippen molar-refractivity contribution in [3.63, 3.8) is 0 Å². The Labute approximate surface area is 168 Å². The molecule has 2 aliphatic heterocycles. The van der Waals surface area contributed by atoms with E-state index in [0.29, 0.717) is 6.04 Å². The van der Waals surface area contributed by atoms with Gasteiger partial charge in [-0.05, 0) is 47.0 Å². The lowest BCUT2D eigenvalue weighted by atomic mass is 9.83. The van der Waals surface area contributed by atoms with Crippen molar-refractivity contribution in [1.29, 1.82) is 0 Å². The number of nitrogens with one attached hydrogen (secondary N) is 1. The van der Waals surface area contributed by atoms with Crippen LogP contribution in [0.3, 0.4) is 0 Å². The van der Waals surface area contributed by atoms with Crippen LogP contribution in [0.15, 0.2) is 0 Å². The lowest BCUT2D eigenvalue weighted by Gasteiger charge is -2.45. The van der Waals surface area contributed by atoms with E-state index >= 15 is 0 Å². The number of piperidine rings is 1. The summed E-state index contributed by atoms with van der Waals surface area (Å²) in [4.78, 5) is 27.9. The molecule has 7 nitrogen and oxygen atoms in total. The molecule has 2 aliphatic rings. The van der Waals surface area contributed by atoms with Gasteiger partial charge in [-0.3, -0.25) is 19.2 Å². The third kappa shape index (κ3) is 3.95. The summed E-state index contributed by atoms with van der Waals surface area (Å²) in [5, 5.41) is 7.89. The molecule has 7 heteroatoms. The van der Waals surface area contributed by atoms with Crippen LogP contribution in [0.5, 0.6) is 0 Å². The van der Waals surface area contributed by atoms with Gasteiger partial charge in [0.2, 0.25) is 11.8 Å². The van der Waals surface area contributed by atoms with E-state index < -0.39 is 0 Å². The molecular weight excluding hydrogens is 354 g/mol. The molecule has 0 saturated carbocycles. The molecule has 3 rings (SSSR count). The Bertz CT molecular complexity index is 746. The highest BCUT2D eigenvalue weighted by Gasteiger charge is 2.47. The first-order valence-electron chi connectivity index (χ1n) is 10.4. The third-order valence-electron chi connectivity index (χ3n) is 6.60. The molecule has 0 radical (unpaired) electrons. The van der Waals surface area contributed by atoms with Gasteiger partial charge in [0.15, 0.2) is 0 Å². The van der Waals surface area contributed by atoms with Crippen LogP contribution >= 0.6 is 0 Å². The number of amides is 2. The molecule has 1 N–H and O–H groups in total. The minimum Gasteiger partial charge on any atom is -0.352 e. The Kier molecular flexibility index (Phi) is 5.84. The van der Waals surface area contributed by atoms with Crippen molar-refractivity contribution >= 4 is 11.8 Å². The van der Waals surface area contributed by atoms with Gasteiger partial charge in [0.1, 0.15) is 0 Å².